The van der Waals surface area contributed by atoms with Gasteiger partial charge >= 0.3 is 0 Å². The Balaban J connectivity index is 2.46. The second-order valence-corrected chi connectivity index (χ2v) is 2.73. The van der Waals surface area contributed by atoms with Gasteiger partial charge in [0.2, 0.25) is 0 Å². The number of nitrogens with one attached hydrogen (secondary N) is 1. The van der Waals surface area contributed by atoms with Crippen molar-refractivity contribution < 1.29 is 14.7 Å². The average Bonchev–Trinajstić information content (AvgIpc) is 2.41. The van der Waals surface area contributed by atoms with E-state index in [1.165, 1.54) is 0 Å². The molecule has 2 rings (SSSR count). The highest BCUT2D eigenvalue weighted by Crippen LogP contribution is 2.30. The fourth-order valence-electron chi connectivity index (χ4n) is 1.53. The summed E-state index contributed by atoms with van der Waals surface area (Å²) in [4.78, 5) is 21.8. The molecule has 0 aromatic carbocycles. The lowest BCUT2D eigenvalue weighted by Gasteiger charge is -2.02. The van der Waals surface area contributed by atoms with Crippen molar-refractivity contribution in [2.75, 3.05) is 0 Å². The predicted octanol–water partition coefficient (Wildman–Crippen LogP) is -0.906. The lowest BCUT2D eigenvalue weighted by molar-refractivity contribution is -0.124. The Kier molecular flexibility index (Phi) is 1.14. The highest BCUT2D eigenvalue weighted by atomic mass is 16.3. The van der Waals surface area contributed by atoms with E-state index >= 15 is 0 Å². The van der Waals surface area contributed by atoms with Crippen LogP contribution in [0.15, 0.2) is 11.1 Å². The minimum Gasteiger partial charge on any atom is -0.388 e. The summed E-state index contributed by atoms with van der Waals surface area (Å²) in [5, 5.41) is 11.4. The number of carbonyl (C=O) groups excluding carboxylic acids is 2. The fraction of sp³-hybridized carbons (Fsp3) is 0.429. The highest BCUT2D eigenvalue weighted by Gasteiger charge is 2.38. The van der Waals surface area contributed by atoms with Gasteiger partial charge in [0.1, 0.15) is 0 Å². The molecule has 0 saturated heterocycles. The lowest BCUT2D eigenvalue weighted by Crippen LogP contribution is -2.27. The molecule has 0 aromatic rings. The van der Waals surface area contributed by atoms with Crippen LogP contribution in [0.5, 0.6) is 0 Å². The molecule has 0 saturated carbocycles. The summed E-state index contributed by atoms with van der Waals surface area (Å²) in [5.41, 5.74) is 0.762. The van der Waals surface area contributed by atoms with Crippen molar-refractivity contribution in [2.45, 2.75) is 18.9 Å². The van der Waals surface area contributed by atoms with Crippen LogP contribution >= 0.6 is 0 Å². The van der Waals surface area contributed by atoms with E-state index in [9.17, 15) is 14.7 Å². The van der Waals surface area contributed by atoms with Crippen molar-refractivity contribution in [2.24, 2.45) is 0 Å². The molecule has 1 aliphatic heterocycles. The topological polar surface area (TPSA) is 66.4 Å². The smallest absolute Gasteiger partial charge is 0.257 e. The first-order valence-corrected chi connectivity index (χ1v) is 3.47. The maximum absolute atomic E-state index is 10.9. The van der Waals surface area contributed by atoms with Crippen LogP contribution < -0.4 is 5.32 Å². The van der Waals surface area contributed by atoms with E-state index in [1.54, 1.807) is 0 Å². The largest absolute Gasteiger partial charge is 0.388 e. The Labute approximate surface area is 62.9 Å². The van der Waals surface area contributed by atoms with Crippen LogP contribution in [0.3, 0.4) is 0 Å². The summed E-state index contributed by atoms with van der Waals surface area (Å²) in [6, 6.07) is 0. The van der Waals surface area contributed by atoms with E-state index in [-0.39, 0.29) is 11.5 Å². The Bertz CT molecular complexity index is 279. The molecule has 1 atom stereocenters. The number of aliphatic hydroxyl groups is 1. The second kappa shape index (κ2) is 1.92. The molecular weight excluding hydrogens is 146 g/mol. The van der Waals surface area contributed by atoms with E-state index in [0.717, 1.165) is 0 Å². The van der Waals surface area contributed by atoms with Crippen molar-refractivity contribution in [3.05, 3.63) is 11.1 Å². The van der Waals surface area contributed by atoms with Gasteiger partial charge in [-0.2, -0.15) is 0 Å². The minimum absolute atomic E-state index is 0.287. The Morgan fingerprint density at radius 3 is 2.73 bits per heavy atom. The summed E-state index contributed by atoms with van der Waals surface area (Å²) in [5.74, 6) is -0.753. The van der Waals surface area contributed by atoms with Crippen molar-refractivity contribution in [1.29, 1.82) is 0 Å². The molecule has 2 amide bonds. The van der Waals surface area contributed by atoms with Crippen LogP contribution in [-0.4, -0.2) is 23.0 Å². The van der Waals surface area contributed by atoms with E-state index in [4.69, 9.17) is 0 Å². The van der Waals surface area contributed by atoms with Crippen molar-refractivity contribution in [3.63, 3.8) is 0 Å². The van der Waals surface area contributed by atoms with Crippen LogP contribution in [0, 0.1) is 0 Å². The summed E-state index contributed by atoms with van der Waals surface area (Å²) in [7, 11) is 0. The average molecular weight is 153 g/mol. The number of rotatable bonds is 0. The third-order valence-electron chi connectivity index (χ3n) is 2.07. The van der Waals surface area contributed by atoms with Gasteiger partial charge in [-0.25, -0.2) is 0 Å². The van der Waals surface area contributed by atoms with Crippen molar-refractivity contribution in [1.82, 2.24) is 5.32 Å². The number of aliphatic hydroxyl groups excluding tert-OH is 1. The first kappa shape index (κ1) is 6.54. The molecule has 4 nitrogen and oxygen atoms in total. The van der Waals surface area contributed by atoms with Gasteiger partial charge in [0.25, 0.3) is 11.8 Å². The zero-order valence-corrected chi connectivity index (χ0v) is 5.76. The Morgan fingerprint density at radius 1 is 1.36 bits per heavy atom. The number of hydrogen-bond acceptors (Lipinski definition) is 3. The van der Waals surface area contributed by atoms with E-state index < -0.39 is 12.0 Å². The third kappa shape index (κ3) is 0.728. The van der Waals surface area contributed by atoms with Gasteiger partial charge < -0.3 is 5.11 Å². The fourth-order valence-corrected chi connectivity index (χ4v) is 1.53. The summed E-state index contributed by atoms with van der Waals surface area (Å²) >= 11 is 0. The zero-order chi connectivity index (χ0) is 8.01. The van der Waals surface area contributed by atoms with Crippen LogP contribution in [0.4, 0.5) is 0 Å². The molecule has 1 aliphatic carbocycles. The molecule has 58 valence electrons. The van der Waals surface area contributed by atoms with Gasteiger partial charge in [-0.05, 0) is 12.8 Å². The lowest BCUT2D eigenvalue weighted by atomic mass is 10.2. The van der Waals surface area contributed by atoms with Crippen LogP contribution in [0.1, 0.15) is 12.8 Å². The molecule has 2 N–H and O–H groups in total. The molecule has 1 unspecified atom stereocenters. The van der Waals surface area contributed by atoms with Gasteiger partial charge in [-0.3, -0.25) is 14.9 Å². The van der Waals surface area contributed by atoms with Crippen LogP contribution in [-0.2, 0) is 9.59 Å². The van der Waals surface area contributed by atoms with Crippen molar-refractivity contribution >= 4 is 11.8 Å². The molecule has 0 bridgehead atoms. The maximum Gasteiger partial charge on any atom is 0.257 e. The monoisotopic (exact) mass is 153 g/mol. The molecular formula is C7H7NO3. The van der Waals surface area contributed by atoms with Gasteiger partial charge in [-0.15, -0.1) is 0 Å². The maximum atomic E-state index is 10.9. The minimum atomic E-state index is -0.726. The summed E-state index contributed by atoms with van der Waals surface area (Å²) < 4.78 is 0. The second-order valence-electron chi connectivity index (χ2n) is 2.73. The Hall–Kier alpha value is -1.16. The van der Waals surface area contributed by atoms with Gasteiger partial charge in [0.05, 0.1) is 11.7 Å². The quantitative estimate of drug-likeness (QED) is 0.443. The number of amides is 2. The van der Waals surface area contributed by atoms with Crippen LogP contribution in [0.2, 0.25) is 0 Å². The van der Waals surface area contributed by atoms with Gasteiger partial charge in [0.15, 0.2) is 0 Å². The first-order chi connectivity index (χ1) is 5.20. The summed E-state index contributed by atoms with van der Waals surface area (Å²) in [6.45, 7) is 0. The zero-order valence-electron chi connectivity index (χ0n) is 5.76. The van der Waals surface area contributed by atoms with Crippen molar-refractivity contribution in [3.8, 4) is 0 Å². The molecule has 4 heteroatoms. The number of carbonyl (C=O) groups is 2. The SMILES string of the molecule is O=C1NC(=O)C2=C1CCC2O. The van der Waals surface area contributed by atoms with E-state index in [2.05, 4.69) is 5.32 Å². The predicted molar refractivity (Wildman–Crippen MR) is 35.4 cm³/mol. The highest BCUT2D eigenvalue weighted by molar-refractivity contribution is 6.20. The standard InChI is InChI=1S/C7H7NO3/c9-4-2-1-3-5(4)7(11)8-6(3)10/h4,9H,1-2H2,(H,8,10,11). The molecule has 1 heterocycles. The molecule has 0 radical (unpaired) electrons. The molecule has 0 aromatic heterocycles. The summed E-state index contributed by atoms with van der Waals surface area (Å²) in [6.07, 6.45) is 0.300. The van der Waals surface area contributed by atoms with E-state index in [1.807, 2.05) is 0 Å². The first-order valence-electron chi connectivity index (χ1n) is 3.47. The number of hydrogen-bond donors (Lipinski definition) is 2. The number of imide groups is 1. The molecule has 0 spiro atoms. The normalized spacial score (nSPS) is 29.4. The van der Waals surface area contributed by atoms with E-state index in [0.29, 0.717) is 18.4 Å². The van der Waals surface area contributed by atoms with Gasteiger partial charge in [-0.1, -0.05) is 0 Å². The molecule has 2 aliphatic rings. The van der Waals surface area contributed by atoms with Gasteiger partial charge in [0, 0.05) is 5.57 Å². The van der Waals surface area contributed by atoms with Crippen LogP contribution in [0.25, 0.3) is 0 Å². The third-order valence-corrected chi connectivity index (χ3v) is 2.07. The Morgan fingerprint density at radius 2 is 2.09 bits per heavy atom. The molecule has 0 fully saturated rings. The molecule has 11 heavy (non-hydrogen) atoms.